The first-order valence-electron chi connectivity index (χ1n) is 8.55. The molecule has 0 fully saturated rings. The number of aryl methyl sites for hydroxylation is 2. The Labute approximate surface area is 146 Å². The largest absolute Gasteiger partial charge is 0.309 e. The molecule has 1 atom stereocenters. The zero-order chi connectivity index (χ0) is 17.6. The number of carbonyl (C=O) groups is 1. The number of fused-ring (bicyclic) bond motifs is 1. The van der Waals surface area contributed by atoms with Crippen LogP contribution in [0, 0.1) is 13.8 Å². The van der Waals surface area contributed by atoms with Crippen LogP contribution in [0.4, 0.5) is 5.82 Å². The molecule has 2 aromatic heterocycles. The van der Waals surface area contributed by atoms with E-state index >= 15 is 0 Å². The van der Waals surface area contributed by atoms with Crippen LogP contribution in [0.3, 0.4) is 0 Å². The topological polar surface area (TPSA) is 64.7 Å². The molecule has 1 aliphatic rings. The lowest BCUT2D eigenvalue weighted by atomic mass is 9.87. The van der Waals surface area contributed by atoms with E-state index < -0.39 is 0 Å². The van der Waals surface area contributed by atoms with E-state index in [-0.39, 0.29) is 11.8 Å². The first-order valence-corrected chi connectivity index (χ1v) is 8.55. The third-order valence-corrected chi connectivity index (χ3v) is 4.82. The molecule has 1 aromatic carbocycles. The number of benzene rings is 1. The van der Waals surface area contributed by atoms with Crippen molar-refractivity contribution in [1.82, 2.24) is 19.6 Å². The average molecular weight is 335 g/mol. The molecular weight excluding hydrogens is 314 g/mol. The maximum absolute atomic E-state index is 12.2. The van der Waals surface area contributed by atoms with Crippen LogP contribution >= 0.6 is 0 Å². The zero-order valence-electron chi connectivity index (χ0n) is 14.7. The zero-order valence-corrected chi connectivity index (χ0v) is 14.7. The van der Waals surface area contributed by atoms with Crippen molar-refractivity contribution in [3.8, 4) is 5.69 Å². The Morgan fingerprint density at radius 3 is 2.92 bits per heavy atom. The quantitative estimate of drug-likeness (QED) is 0.799. The van der Waals surface area contributed by atoms with Crippen LogP contribution in [0.1, 0.15) is 41.6 Å². The van der Waals surface area contributed by atoms with Gasteiger partial charge in [-0.1, -0.05) is 12.1 Å². The van der Waals surface area contributed by atoms with Crippen molar-refractivity contribution in [3.05, 3.63) is 59.0 Å². The van der Waals surface area contributed by atoms with E-state index in [1.165, 1.54) is 5.56 Å². The van der Waals surface area contributed by atoms with Crippen molar-refractivity contribution in [2.24, 2.45) is 0 Å². The monoisotopic (exact) mass is 335 g/mol. The van der Waals surface area contributed by atoms with Crippen molar-refractivity contribution in [2.45, 2.75) is 39.7 Å². The predicted molar refractivity (Wildman–Crippen MR) is 96.0 cm³/mol. The minimum Gasteiger partial charge on any atom is -0.309 e. The fourth-order valence-corrected chi connectivity index (χ4v) is 3.56. The number of aromatic nitrogens is 4. The van der Waals surface area contributed by atoms with Gasteiger partial charge in [0.1, 0.15) is 0 Å². The predicted octanol–water partition coefficient (Wildman–Crippen LogP) is 3.18. The summed E-state index contributed by atoms with van der Waals surface area (Å²) >= 11 is 0. The van der Waals surface area contributed by atoms with Crippen LogP contribution in [0.25, 0.3) is 5.69 Å². The van der Waals surface area contributed by atoms with Gasteiger partial charge in [-0.3, -0.25) is 9.48 Å². The van der Waals surface area contributed by atoms with Crippen LogP contribution in [0.2, 0.25) is 0 Å². The lowest BCUT2D eigenvalue weighted by Gasteiger charge is -2.21. The number of carbonyl (C=O) groups excluding carboxylic acids is 1. The Hall–Kier alpha value is -2.89. The van der Waals surface area contributed by atoms with Crippen LogP contribution in [-0.4, -0.2) is 25.5 Å². The molecule has 0 spiro atoms. The standard InChI is InChI=1S/C19H21N5O/c1-4-23-13(3)18-16(9-17(25)21-19(18)22-23)14-10-20-24(11-14)15-7-5-6-12(2)8-15/h5-8,10-11,16H,4,9H2,1-3H3,(H,21,22,25). The molecule has 25 heavy (non-hydrogen) atoms. The number of rotatable bonds is 3. The highest BCUT2D eigenvalue weighted by Gasteiger charge is 2.32. The molecule has 1 N–H and O–H groups in total. The second kappa shape index (κ2) is 5.88. The molecule has 0 saturated heterocycles. The molecule has 1 aliphatic heterocycles. The van der Waals surface area contributed by atoms with E-state index in [4.69, 9.17) is 0 Å². The SMILES string of the molecule is CCn1nc2c(c1C)C(c1cnn(-c3cccc(C)c3)c1)CC(=O)N2. The molecule has 6 nitrogen and oxygen atoms in total. The summed E-state index contributed by atoms with van der Waals surface area (Å²) in [4.78, 5) is 12.2. The average Bonchev–Trinajstić information content (AvgIpc) is 3.19. The van der Waals surface area contributed by atoms with Gasteiger partial charge in [0.15, 0.2) is 5.82 Å². The maximum atomic E-state index is 12.2. The van der Waals surface area contributed by atoms with E-state index in [2.05, 4.69) is 48.4 Å². The number of anilines is 1. The molecule has 1 unspecified atom stereocenters. The number of hydrogen-bond donors (Lipinski definition) is 1. The molecule has 3 heterocycles. The summed E-state index contributed by atoms with van der Waals surface area (Å²) < 4.78 is 3.81. The van der Waals surface area contributed by atoms with Gasteiger partial charge in [-0.2, -0.15) is 10.2 Å². The lowest BCUT2D eigenvalue weighted by molar-refractivity contribution is -0.116. The molecule has 128 valence electrons. The summed E-state index contributed by atoms with van der Waals surface area (Å²) in [6.07, 6.45) is 4.30. The number of nitrogens with one attached hydrogen (secondary N) is 1. The van der Waals surface area contributed by atoms with Crippen LogP contribution < -0.4 is 5.32 Å². The van der Waals surface area contributed by atoms with Gasteiger partial charge in [-0.25, -0.2) is 4.68 Å². The molecular formula is C19H21N5O. The van der Waals surface area contributed by atoms with Crippen molar-refractivity contribution in [1.29, 1.82) is 0 Å². The van der Waals surface area contributed by atoms with E-state index in [0.717, 1.165) is 29.1 Å². The molecule has 6 heteroatoms. The highest BCUT2D eigenvalue weighted by molar-refractivity contribution is 5.94. The van der Waals surface area contributed by atoms with E-state index in [9.17, 15) is 4.79 Å². The second-order valence-corrected chi connectivity index (χ2v) is 6.53. The minimum absolute atomic E-state index is 0.00144. The second-order valence-electron chi connectivity index (χ2n) is 6.53. The Kier molecular flexibility index (Phi) is 3.67. The van der Waals surface area contributed by atoms with Gasteiger partial charge in [0.25, 0.3) is 0 Å². The molecule has 0 aliphatic carbocycles. The van der Waals surface area contributed by atoms with Crippen LogP contribution in [-0.2, 0) is 11.3 Å². The van der Waals surface area contributed by atoms with Crippen molar-refractivity contribution in [3.63, 3.8) is 0 Å². The fraction of sp³-hybridized carbons (Fsp3) is 0.316. The van der Waals surface area contributed by atoms with Gasteiger partial charge >= 0.3 is 0 Å². The highest BCUT2D eigenvalue weighted by Crippen LogP contribution is 2.38. The Balaban J connectivity index is 1.76. The molecule has 0 radical (unpaired) electrons. The summed E-state index contributed by atoms with van der Waals surface area (Å²) in [5, 5.41) is 11.9. The molecule has 0 saturated carbocycles. The summed E-state index contributed by atoms with van der Waals surface area (Å²) in [7, 11) is 0. The van der Waals surface area contributed by atoms with Gasteiger partial charge in [-0.15, -0.1) is 0 Å². The molecule has 1 amide bonds. The summed E-state index contributed by atoms with van der Waals surface area (Å²) in [5.41, 5.74) is 5.45. The first kappa shape index (κ1) is 15.6. The maximum Gasteiger partial charge on any atom is 0.226 e. The van der Waals surface area contributed by atoms with Crippen molar-refractivity contribution in [2.75, 3.05) is 5.32 Å². The number of amides is 1. The molecule has 3 aromatic rings. The van der Waals surface area contributed by atoms with Crippen LogP contribution in [0.5, 0.6) is 0 Å². The smallest absolute Gasteiger partial charge is 0.226 e. The van der Waals surface area contributed by atoms with E-state index in [1.54, 1.807) is 0 Å². The Bertz CT molecular complexity index is 953. The number of nitrogens with zero attached hydrogens (tertiary/aromatic N) is 4. The summed E-state index contributed by atoms with van der Waals surface area (Å²) in [6, 6.07) is 8.21. The number of hydrogen-bond acceptors (Lipinski definition) is 3. The van der Waals surface area contributed by atoms with Gasteiger partial charge in [-0.05, 0) is 44.0 Å². The Morgan fingerprint density at radius 2 is 2.16 bits per heavy atom. The van der Waals surface area contributed by atoms with Gasteiger partial charge in [0, 0.05) is 36.3 Å². The van der Waals surface area contributed by atoms with E-state index in [0.29, 0.717) is 12.2 Å². The highest BCUT2D eigenvalue weighted by atomic mass is 16.1. The Morgan fingerprint density at radius 1 is 1.32 bits per heavy atom. The normalized spacial score (nSPS) is 16.6. The van der Waals surface area contributed by atoms with Crippen LogP contribution in [0.15, 0.2) is 36.7 Å². The van der Waals surface area contributed by atoms with Crippen molar-refractivity contribution < 1.29 is 4.79 Å². The minimum atomic E-state index is -0.0115. The summed E-state index contributed by atoms with van der Waals surface area (Å²) in [6.45, 7) is 6.96. The fourth-order valence-electron chi connectivity index (χ4n) is 3.56. The van der Waals surface area contributed by atoms with Gasteiger partial charge < -0.3 is 5.32 Å². The van der Waals surface area contributed by atoms with Gasteiger partial charge in [0.05, 0.1) is 11.9 Å². The van der Waals surface area contributed by atoms with E-state index in [1.807, 2.05) is 33.9 Å². The van der Waals surface area contributed by atoms with Crippen molar-refractivity contribution >= 4 is 11.7 Å². The first-order chi connectivity index (χ1) is 12.1. The molecule has 0 bridgehead atoms. The molecule has 4 rings (SSSR count). The van der Waals surface area contributed by atoms with Gasteiger partial charge in [0.2, 0.25) is 5.91 Å². The lowest BCUT2D eigenvalue weighted by Crippen LogP contribution is -2.23. The third kappa shape index (κ3) is 2.63. The summed E-state index contributed by atoms with van der Waals surface area (Å²) in [5.74, 6) is 0.674. The third-order valence-electron chi connectivity index (χ3n) is 4.82.